The zero-order chi connectivity index (χ0) is 29.0. The summed E-state index contributed by atoms with van der Waals surface area (Å²) in [4.78, 5) is 66.3. The highest BCUT2D eigenvalue weighted by Gasteiger charge is 2.62. The largest absolute Gasteiger partial charge is 0.448 e. The third kappa shape index (κ3) is 5.70. The molecule has 0 aliphatic carbocycles. The molecule has 2 heterocycles. The van der Waals surface area contributed by atoms with Gasteiger partial charge in [0.1, 0.15) is 0 Å². The van der Waals surface area contributed by atoms with E-state index in [-0.39, 0.29) is 16.7 Å². The van der Waals surface area contributed by atoms with Crippen molar-refractivity contribution < 1.29 is 33.3 Å². The molecule has 1 N–H and O–H groups in total. The van der Waals surface area contributed by atoms with Crippen molar-refractivity contribution in [3.8, 4) is 0 Å². The first kappa shape index (κ1) is 27.3. The van der Waals surface area contributed by atoms with Gasteiger partial charge in [0, 0.05) is 12.3 Å². The van der Waals surface area contributed by atoms with Crippen molar-refractivity contribution in [3.05, 3.63) is 141 Å². The highest BCUT2D eigenvalue weighted by Crippen LogP contribution is 2.43. The maximum absolute atomic E-state index is 13.3. The number of H-pyrrole nitrogens is 1. The molecule has 1 aliphatic rings. The number of ether oxygens (including phenoxy) is 4. The number of carbonyl (C=O) groups is 3. The Bertz CT molecular complexity index is 1670. The topological polar surface area (TPSA) is 143 Å². The molecule has 5 rings (SSSR count). The van der Waals surface area contributed by atoms with Crippen LogP contribution in [0.5, 0.6) is 0 Å². The number of nitrogens with zero attached hydrogens (tertiary/aromatic N) is 1. The van der Waals surface area contributed by atoms with Crippen LogP contribution in [0.4, 0.5) is 0 Å². The fourth-order valence-corrected chi connectivity index (χ4v) is 4.41. The third-order valence-corrected chi connectivity index (χ3v) is 6.47. The number of hydrogen-bond acceptors (Lipinski definition) is 9. The second-order valence-electron chi connectivity index (χ2n) is 9.28. The summed E-state index contributed by atoms with van der Waals surface area (Å²) in [5.74, 6) is -2.46. The minimum absolute atomic E-state index is 0.166. The molecule has 11 heteroatoms. The zero-order valence-electron chi connectivity index (χ0n) is 21.7. The number of carbonyl (C=O) groups excluding carboxylic acids is 3. The molecule has 0 saturated carbocycles. The Hall–Kier alpha value is -5.29. The van der Waals surface area contributed by atoms with Gasteiger partial charge in [-0.15, -0.1) is 0 Å². The fourth-order valence-electron chi connectivity index (χ4n) is 4.41. The minimum atomic E-state index is -1.94. The summed E-state index contributed by atoms with van der Waals surface area (Å²) in [6.07, 6.45) is -3.55. The maximum atomic E-state index is 13.3. The van der Waals surface area contributed by atoms with Gasteiger partial charge >= 0.3 is 23.6 Å². The molecule has 4 aromatic rings. The van der Waals surface area contributed by atoms with E-state index in [4.69, 9.17) is 18.9 Å². The highest BCUT2D eigenvalue weighted by molar-refractivity contribution is 5.91. The summed E-state index contributed by atoms with van der Waals surface area (Å²) in [6.45, 7) is 1.38. The lowest BCUT2D eigenvalue weighted by Crippen LogP contribution is -2.52. The second kappa shape index (κ2) is 11.4. The molecule has 1 fully saturated rings. The number of aromatic nitrogens is 2. The molecule has 1 aliphatic heterocycles. The molecule has 0 spiro atoms. The smallest absolute Gasteiger partial charge is 0.340 e. The molecule has 1 saturated heterocycles. The van der Waals surface area contributed by atoms with Gasteiger partial charge in [0.15, 0.2) is 11.8 Å². The van der Waals surface area contributed by atoms with E-state index in [9.17, 15) is 24.0 Å². The average molecular weight is 557 g/mol. The molecule has 0 amide bonds. The van der Waals surface area contributed by atoms with Crippen LogP contribution in [0.1, 0.15) is 44.2 Å². The van der Waals surface area contributed by atoms with E-state index in [1.54, 1.807) is 54.6 Å². The summed E-state index contributed by atoms with van der Waals surface area (Å²) in [7, 11) is 0. The SMILES string of the molecule is C[C@@]1(OC(=O)c2ccccc2)[C@H](OC(=O)c2ccccc2)[C@@H](OC(=O)c2ccccc2)O[C@H]1n1ccc(=O)[nH]c1=O. The first-order chi connectivity index (χ1) is 19.8. The summed E-state index contributed by atoms with van der Waals surface area (Å²) in [6, 6.07) is 25.1. The van der Waals surface area contributed by atoms with Crippen molar-refractivity contribution in [2.75, 3.05) is 0 Å². The van der Waals surface area contributed by atoms with Gasteiger partial charge in [-0.3, -0.25) is 14.3 Å². The molecule has 1 aromatic heterocycles. The van der Waals surface area contributed by atoms with Crippen molar-refractivity contribution in [1.29, 1.82) is 0 Å². The van der Waals surface area contributed by atoms with Crippen LogP contribution in [-0.4, -0.2) is 45.5 Å². The molecule has 4 atom stereocenters. The lowest BCUT2D eigenvalue weighted by atomic mass is 9.97. The maximum Gasteiger partial charge on any atom is 0.340 e. The molecular formula is C30H24N2O9. The summed E-state index contributed by atoms with van der Waals surface area (Å²) < 4.78 is 24.3. The standard InChI is InChI=1S/C30H24N2O9/c1-30(41-26(36)21-15-9-4-10-16-21)23(38-24(34)19-11-5-2-6-12-19)27(39-25(35)20-13-7-3-8-14-20)40-28(30)32-18-17-22(33)31-29(32)37/h2-18,23,27-28H,1H3,(H,31,33,37)/t23-,27+,28-,30-/m1/s1. The number of aromatic amines is 1. The Labute approximate surface area is 232 Å². The Morgan fingerprint density at radius 3 is 1.73 bits per heavy atom. The van der Waals surface area contributed by atoms with E-state index in [0.717, 1.165) is 16.8 Å². The van der Waals surface area contributed by atoms with Gasteiger partial charge in [0.2, 0.25) is 12.4 Å². The number of hydrogen-bond donors (Lipinski definition) is 1. The number of nitrogens with one attached hydrogen (secondary N) is 1. The fraction of sp³-hybridized carbons (Fsp3) is 0.167. The second-order valence-corrected chi connectivity index (χ2v) is 9.28. The molecule has 41 heavy (non-hydrogen) atoms. The van der Waals surface area contributed by atoms with Crippen LogP contribution >= 0.6 is 0 Å². The normalized spacial score (nSPS) is 21.5. The van der Waals surface area contributed by atoms with Crippen molar-refractivity contribution in [2.24, 2.45) is 0 Å². The molecule has 11 nitrogen and oxygen atoms in total. The van der Waals surface area contributed by atoms with E-state index in [0.29, 0.717) is 0 Å². The van der Waals surface area contributed by atoms with E-state index in [1.165, 1.54) is 43.3 Å². The van der Waals surface area contributed by atoms with Gasteiger partial charge < -0.3 is 18.9 Å². The first-order valence-corrected chi connectivity index (χ1v) is 12.5. The van der Waals surface area contributed by atoms with Crippen LogP contribution in [-0.2, 0) is 18.9 Å². The first-order valence-electron chi connectivity index (χ1n) is 12.5. The van der Waals surface area contributed by atoms with Crippen LogP contribution in [0.3, 0.4) is 0 Å². The van der Waals surface area contributed by atoms with E-state index in [2.05, 4.69) is 4.98 Å². The Morgan fingerprint density at radius 1 is 0.732 bits per heavy atom. The lowest BCUT2D eigenvalue weighted by Gasteiger charge is -2.34. The Balaban J connectivity index is 1.59. The zero-order valence-corrected chi connectivity index (χ0v) is 21.7. The van der Waals surface area contributed by atoms with Gasteiger partial charge in [-0.05, 0) is 43.3 Å². The molecular weight excluding hydrogens is 532 g/mol. The molecule has 0 unspecified atom stereocenters. The van der Waals surface area contributed by atoms with Crippen LogP contribution in [0, 0.1) is 0 Å². The van der Waals surface area contributed by atoms with Crippen molar-refractivity contribution >= 4 is 17.9 Å². The lowest BCUT2D eigenvalue weighted by molar-refractivity contribution is -0.150. The summed E-state index contributed by atoms with van der Waals surface area (Å²) in [5.41, 5.74) is -3.00. The van der Waals surface area contributed by atoms with Crippen LogP contribution in [0.15, 0.2) is 113 Å². The van der Waals surface area contributed by atoms with Gasteiger partial charge in [-0.2, -0.15) is 0 Å². The van der Waals surface area contributed by atoms with Crippen LogP contribution in [0.25, 0.3) is 0 Å². The van der Waals surface area contributed by atoms with Crippen molar-refractivity contribution in [3.63, 3.8) is 0 Å². The quantitative estimate of drug-likeness (QED) is 0.268. The van der Waals surface area contributed by atoms with Gasteiger partial charge in [0.05, 0.1) is 16.7 Å². The van der Waals surface area contributed by atoms with Gasteiger partial charge in [-0.25, -0.2) is 19.2 Å². The number of rotatable bonds is 7. The summed E-state index contributed by atoms with van der Waals surface area (Å²) in [5, 5.41) is 0. The Kier molecular flexibility index (Phi) is 7.61. The predicted molar refractivity (Wildman–Crippen MR) is 143 cm³/mol. The van der Waals surface area contributed by atoms with E-state index >= 15 is 0 Å². The Morgan fingerprint density at radius 2 is 1.22 bits per heavy atom. The predicted octanol–water partition coefficient (Wildman–Crippen LogP) is 3.09. The highest BCUT2D eigenvalue weighted by atomic mass is 16.8. The molecule has 3 aromatic carbocycles. The van der Waals surface area contributed by atoms with Crippen molar-refractivity contribution in [1.82, 2.24) is 9.55 Å². The third-order valence-electron chi connectivity index (χ3n) is 6.47. The van der Waals surface area contributed by atoms with Crippen LogP contribution in [0.2, 0.25) is 0 Å². The minimum Gasteiger partial charge on any atom is -0.448 e. The van der Waals surface area contributed by atoms with Crippen molar-refractivity contribution in [2.45, 2.75) is 31.1 Å². The van der Waals surface area contributed by atoms with E-state index < -0.39 is 53.4 Å². The number of esters is 3. The molecule has 0 radical (unpaired) electrons. The van der Waals surface area contributed by atoms with Gasteiger partial charge in [-0.1, -0.05) is 54.6 Å². The molecule has 0 bridgehead atoms. The monoisotopic (exact) mass is 556 g/mol. The number of benzene rings is 3. The van der Waals surface area contributed by atoms with Gasteiger partial charge in [0.25, 0.3) is 5.56 Å². The van der Waals surface area contributed by atoms with Crippen LogP contribution < -0.4 is 11.2 Å². The average Bonchev–Trinajstić information content (AvgIpc) is 3.24. The molecule has 208 valence electrons. The van der Waals surface area contributed by atoms with E-state index in [1.807, 2.05) is 0 Å². The summed E-state index contributed by atoms with van der Waals surface area (Å²) >= 11 is 0.